The van der Waals surface area contributed by atoms with Crippen LogP contribution < -0.4 is 10.6 Å². The number of aromatic nitrogens is 3. The highest BCUT2D eigenvalue weighted by atomic mass is 15.2. The second-order valence-corrected chi connectivity index (χ2v) is 6.19. The summed E-state index contributed by atoms with van der Waals surface area (Å²) in [5, 5.41) is 0. The third-order valence-corrected chi connectivity index (χ3v) is 4.97. The van der Waals surface area contributed by atoms with Crippen LogP contribution in [0.4, 0.5) is 11.6 Å². The molecule has 1 saturated heterocycles. The van der Waals surface area contributed by atoms with Gasteiger partial charge in [0.15, 0.2) is 11.5 Å². The van der Waals surface area contributed by atoms with Crippen molar-refractivity contribution in [3.05, 3.63) is 18.6 Å². The highest BCUT2D eigenvalue weighted by Gasteiger charge is 2.32. The first kappa shape index (κ1) is 12.0. The lowest BCUT2D eigenvalue weighted by molar-refractivity contribution is 0.202. The summed E-state index contributed by atoms with van der Waals surface area (Å²) in [5.41, 5.74) is 6.86. The van der Waals surface area contributed by atoms with E-state index in [9.17, 15) is 0 Å². The van der Waals surface area contributed by atoms with Gasteiger partial charge in [-0.25, -0.2) is 9.97 Å². The van der Waals surface area contributed by atoms with E-state index < -0.39 is 0 Å². The molecule has 2 aromatic rings. The van der Waals surface area contributed by atoms with E-state index in [1.54, 1.807) is 0 Å². The van der Waals surface area contributed by atoms with E-state index in [2.05, 4.69) is 14.9 Å². The topological polar surface area (TPSA) is 59.5 Å². The van der Waals surface area contributed by atoms with Crippen molar-refractivity contribution in [3.63, 3.8) is 0 Å². The number of anilines is 2. The number of nitrogens with two attached hydrogens (primary N) is 1. The zero-order valence-corrected chi connectivity index (χ0v) is 11.7. The second-order valence-electron chi connectivity index (χ2n) is 6.19. The Hall–Kier alpha value is -1.78. The maximum Gasteiger partial charge on any atom is 0.180 e. The van der Waals surface area contributed by atoms with Gasteiger partial charge in [0.05, 0.1) is 6.20 Å². The SMILES string of the molecule is Nc1cn2ccnc2c(N2CCC3CCCCC3C2)n1. The lowest BCUT2D eigenvalue weighted by atomic mass is 9.75. The Morgan fingerprint density at radius 1 is 1.15 bits per heavy atom. The largest absolute Gasteiger partial charge is 0.382 e. The van der Waals surface area contributed by atoms with Gasteiger partial charge >= 0.3 is 0 Å². The molecule has 5 nitrogen and oxygen atoms in total. The van der Waals surface area contributed by atoms with Gasteiger partial charge in [0.2, 0.25) is 0 Å². The van der Waals surface area contributed by atoms with Crippen LogP contribution in [0.15, 0.2) is 18.6 Å². The number of imidazole rings is 1. The number of piperidine rings is 1. The van der Waals surface area contributed by atoms with Crippen molar-refractivity contribution in [2.45, 2.75) is 32.1 Å². The molecule has 2 unspecified atom stereocenters. The maximum absolute atomic E-state index is 5.94. The van der Waals surface area contributed by atoms with Crippen LogP contribution in [0.5, 0.6) is 0 Å². The summed E-state index contributed by atoms with van der Waals surface area (Å²) in [6.45, 7) is 2.20. The molecule has 2 aliphatic rings. The molecule has 2 aromatic heterocycles. The zero-order chi connectivity index (χ0) is 13.5. The van der Waals surface area contributed by atoms with Crippen LogP contribution in [0, 0.1) is 11.8 Å². The van der Waals surface area contributed by atoms with E-state index in [-0.39, 0.29) is 0 Å². The van der Waals surface area contributed by atoms with Crippen LogP contribution in [0.3, 0.4) is 0 Å². The van der Waals surface area contributed by atoms with Gasteiger partial charge in [0, 0.05) is 25.5 Å². The highest BCUT2D eigenvalue weighted by molar-refractivity contribution is 5.66. The Morgan fingerprint density at radius 3 is 2.90 bits per heavy atom. The van der Waals surface area contributed by atoms with E-state index in [1.165, 1.54) is 32.1 Å². The summed E-state index contributed by atoms with van der Waals surface area (Å²) in [6.07, 6.45) is 12.5. The van der Waals surface area contributed by atoms with Crippen LogP contribution in [0.1, 0.15) is 32.1 Å². The van der Waals surface area contributed by atoms with Gasteiger partial charge in [-0.2, -0.15) is 0 Å². The van der Waals surface area contributed by atoms with Gasteiger partial charge in [-0.3, -0.25) is 0 Å². The summed E-state index contributed by atoms with van der Waals surface area (Å²) in [4.78, 5) is 11.4. The molecule has 0 spiro atoms. The maximum atomic E-state index is 5.94. The summed E-state index contributed by atoms with van der Waals surface area (Å²) in [7, 11) is 0. The van der Waals surface area contributed by atoms with Gasteiger partial charge in [0.25, 0.3) is 0 Å². The number of hydrogen-bond acceptors (Lipinski definition) is 4. The fourth-order valence-corrected chi connectivity index (χ4v) is 3.94. The standard InChI is InChI=1S/C15H21N5/c16-13-10-20-8-6-17-14(20)15(18-13)19-7-5-11-3-1-2-4-12(11)9-19/h6,8,10-12H,1-5,7,9,16H2. The van der Waals surface area contributed by atoms with Crippen molar-refractivity contribution >= 4 is 17.3 Å². The molecule has 4 rings (SSSR count). The van der Waals surface area contributed by atoms with Crippen LogP contribution in [0.25, 0.3) is 5.65 Å². The lowest BCUT2D eigenvalue weighted by Crippen LogP contribution is -2.42. The third-order valence-electron chi connectivity index (χ3n) is 4.97. The lowest BCUT2D eigenvalue weighted by Gasteiger charge is -2.41. The van der Waals surface area contributed by atoms with Gasteiger partial charge in [0.1, 0.15) is 5.82 Å². The molecule has 0 amide bonds. The summed E-state index contributed by atoms with van der Waals surface area (Å²) in [5.74, 6) is 3.28. The molecule has 1 aliphatic carbocycles. The molecule has 5 heteroatoms. The Balaban J connectivity index is 1.67. The van der Waals surface area contributed by atoms with Crippen molar-refractivity contribution in [3.8, 4) is 0 Å². The fourth-order valence-electron chi connectivity index (χ4n) is 3.94. The Morgan fingerprint density at radius 2 is 2.00 bits per heavy atom. The summed E-state index contributed by atoms with van der Waals surface area (Å²) in [6, 6.07) is 0. The first-order chi connectivity index (χ1) is 9.81. The van der Waals surface area contributed by atoms with E-state index in [0.29, 0.717) is 5.82 Å². The molecule has 0 bridgehead atoms. The summed E-state index contributed by atoms with van der Waals surface area (Å²) < 4.78 is 1.98. The van der Waals surface area contributed by atoms with Crippen molar-refractivity contribution in [2.75, 3.05) is 23.7 Å². The molecular formula is C15H21N5. The monoisotopic (exact) mass is 271 g/mol. The van der Waals surface area contributed by atoms with E-state index in [4.69, 9.17) is 5.73 Å². The minimum atomic E-state index is 0.566. The molecule has 106 valence electrons. The normalized spacial score (nSPS) is 26.7. The predicted molar refractivity (Wildman–Crippen MR) is 79.7 cm³/mol. The van der Waals surface area contributed by atoms with Crippen molar-refractivity contribution < 1.29 is 0 Å². The minimum Gasteiger partial charge on any atom is -0.382 e. The summed E-state index contributed by atoms with van der Waals surface area (Å²) >= 11 is 0. The first-order valence-electron chi connectivity index (χ1n) is 7.65. The highest BCUT2D eigenvalue weighted by Crippen LogP contribution is 2.37. The van der Waals surface area contributed by atoms with Gasteiger partial charge < -0.3 is 15.0 Å². The smallest absolute Gasteiger partial charge is 0.180 e. The molecule has 0 radical (unpaired) electrons. The van der Waals surface area contributed by atoms with Crippen molar-refractivity contribution in [1.29, 1.82) is 0 Å². The van der Waals surface area contributed by atoms with E-state index in [0.717, 1.165) is 36.4 Å². The number of fused-ring (bicyclic) bond motifs is 2. The van der Waals surface area contributed by atoms with E-state index in [1.807, 2.05) is 23.0 Å². The Labute approximate surface area is 118 Å². The zero-order valence-electron chi connectivity index (χ0n) is 11.7. The predicted octanol–water partition coefficient (Wildman–Crippen LogP) is 2.33. The molecule has 2 atom stereocenters. The molecular weight excluding hydrogens is 250 g/mol. The molecule has 20 heavy (non-hydrogen) atoms. The molecule has 2 fully saturated rings. The molecule has 0 aromatic carbocycles. The fraction of sp³-hybridized carbons (Fsp3) is 0.600. The average molecular weight is 271 g/mol. The van der Waals surface area contributed by atoms with Gasteiger partial charge in [-0.15, -0.1) is 0 Å². The molecule has 1 aliphatic heterocycles. The molecule has 3 heterocycles. The third kappa shape index (κ3) is 1.92. The molecule has 2 N–H and O–H groups in total. The van der Waals surface area contributed by atoms with Gasteiger partial charge in [-0.1, -0.05) is 19.3 Å². The number of hydrogen-bond donors (Lipinski definition) is 1. The Kier molecular flexibility index (Phi) is 2.79. The van der Waals surface area contributed by atoms with Crippen LogP contribution in [0.2, 0.25) is 0 Å². The minimum absolute atomic E-state index is 0.566. The van der Waals surface area contributed by atoms with Gasteiger partial charge in [-0.05, 0) is 24.7 Å². The van der Waals surface area contributed by atoms with E-state index >= 15 is 0 Å². The first-order valence-corrected chi connectivity index (χ1v) is 7.65. The van der Waals surface area contributed by atoms with Crippen molar-refractivity contribution in [2.24, 2.45) is 11.8 Å². The second kappa shape index (κ2) is 4.65. The van der Waals surface area contributed by atoms with Crippen LogP contribution >= 0.6 is 0 Å². The van der Waals surface area contributed by atoms with Crippen molar-refractivity contribution in [1.82, 2.24) is 14.4 Å². The molecule has 1 saturated carbocycles. The average Bonchev–Trinajstić information content (AvgIpc) is 2.94. The number of rotatable bonds is 1. The van der Waals surface area contributed by atoms with Crippen LogP contribution in [-0.2, 0) is 0 Å². The number of nitrogen functional groups attached to an aromatic ring is 1. The number of nitrogens with zero attached hydrogens (tertiary/aromatic N) is 4. The Bertz CT molecular complexity index is 620. The van der Waals surface area contributed by atoms with Crippen LogP contribution in [-0.4, -0.2) is 27.5 Å². The quantitative estimate of drug-likeness (QED) is 0.864.